The molecule has 4 heterocycles. The summed E-state index contributed by atoms with van der Waals surface area (Å²) in [6.45, 7) is 4.72. The molecule has 8 nitrogen and oxygen atoms in total. The van der Waals surface area contributed by atoms with Gasteiger partial charge in [0.15, 0.2) is 0 Å². The molecular weight excluding hydrogens is 344 g/mol. The first-order valence-electron chi connectivity index (χ1n) is 9.42. The number of pyridine rings is 1. The van der Waals surface area contributed by atoms with Crippen LogP contribution in [-0.4, -0.2) is 66.3 Å². The quantitative estimate of drug-likeness (QED) is 0.846. The lowest BCUT2D eigenvalue weighted by atomic mass is 10.2. The van der Waals surface area contributed by atoms with Crippen molar-refractivity contribution in [2.24, 2.45) is 0 Å². The Kier molecular flexibility index (Phi) is 5.43. The molecule has 0 radical (unpaired) electrons. The van der Waals surface area contributed by atoms with E-state index in [2.05, 4.69) is 30.1 Å². The van der Waals surface area contributed by atoms with Crippen molar-refractivity contribution >= 4 is 17.7 Å². The average molecular weight is 368 g/mol. The maximum Gasteiger partial charge on any atom is 0.252 e. The Labute approximate surface area is 158 Å². The Balaban J connectivity index is 1.29. The molecule has 142 valence electrons. The molecule has 2 aliphatic rings. The van der Waals surface area contributed by atoms with E-state index >= 15 is 0 Å². The number of nitrogens with one attached hydrogen (secondary N) is 1. The highest BCUT2D eigenvalue weighted by Crippen LogP contribution is 2.16. The number of piperazine rings is 1. The van der Waals surface area contributed by atoms with Gasteiger partial charge in [-0.3, -0.25) is 4.79 Å². The molecule has 1 amide bonds. The van der Waals surface area contributed by atoms with Crippen LogP contribution in [0.5, 0.6) is 0 Å². The fourth-order valence-corrected chi connectivity index (χ4v) is 3.41. The van der Waals surface area contributed by atoms with Gasteiger partial charge in [0.2, 0.25) is 5.95 Å². The molecule has 1 unspecified atom stereocenters. The van der Waals surface area contributed by atoms with Gasteiger partial charge in [-0.05, 0) is 31.0 Å². The van der Waals surface area contributed by atoms with Crippen LogP contribution >= 0.6 is 0 Å². The Bertz CT molecular complexity index is 741. The van der Waals surface area contributed by atoms with Gasteiger partial charge in [-0.2, -0.15) is 0 Å². The fourth-order valence-electron chi connectivity index (χ4n) is 3.41. The van der Waals surface area contributed by atoms with Crippen molar-refractivity contribution in [1.82, 2.24) is 20.3 Å². The van der Waals surface area contributed by atoms with Crippen molar-refractivity contribution in [2.45, 2.75) is 18.9 Å². The van der Waals surface area contributed by atoms with Crippen molar-refractivity contribution in [1.29, 1.82) is 0 Å². The molecule has 0 aromatic carbocycles. The SMILES string of the molecule is O=C(NCC1CCCO1)c1ccc(N2CCN(c3ncccn3)CC2)nc1. The van der Waals surface area contributed by atoms with Crippen molar-refractivity contribution in [3.05, 3.63) is 42.4 Å². The predicted octanol–water partition coefficient (Wildman–Crippen LogP) is 1.11. The molecular formula is C19H24N6O2. The van der Waals surface area contributed by atoms with Gasteiger partial charge in [0.25, 0.3) is 5.91 Å². The fraction of sp³-hybridized carbons (Fsp3) is 0.474. The Morgan fingerprint density at radius 1 is 1.11 bits per heavy atom. The van der Waals surface area contributed by atoms with E-state index in [9.17, 15) is 4.79 Å². The molecule has 0 spiro atoms. The van der Waals surface area contributed by atoms with Crippen molar-refractivity contribution in [2.75, 3.05) is 49.1 Å². The number of rotatable bonds is 5. The molecule has 27 heavy (non-hydrogen) atoms. The first-order valence-corrected chi connectivity index (χ1v) is 9.42. The van der Waals surface area contributed by atoms with Gasteiger partial charge in [-0.25, -0.2) is 15.0 Å². The maximum atomic E-state index is 12.2. The lowest BCUT2D eigenvalue weighted by molar-refractivity contribution is 0.0857. The Hall–Kier alpha value is -2.74. The summed E-state index contributed by atoms with van der Waals surface area (Å²) in [6, 6.07) is 5.57. The Morgan fingerprint density at radius 3 is 2.56 bits per heavy atom. The number of hydrogen-bond acceptors (Lipinski definition) is 7. The van der Waals surface area contributed by atoms with Gasteiger partial charge in [-0.15, -0.1) is 0 Å². The second-order valence-electron chi connectivity index (χ2n) is 6.77. The maximum absolute atomic E-state index is 12.2. The van der Waals surface area contributed by atoms with Gasteiger partial charge >= 0.3 is 0 Å². The molecule has 1 N–H and O–H groups in total. The molecule has 4 rings (SSSR count). The van der Waals surface area contributed by atoms with Crippen LogP contribution in [0.2, 0.25) is 0 Å². The lowest BCUT2D eigenvalue weighted by Gasteiger charge is -2.35. The highest BCUT2D eigenvalue weighted by molar-refractivity contribution is 5.94. The first kappa shape index (κ1) is 17.7. The smallest absolute Gasteiger partial charge is 0.252 e. The summed E-state index contributed by atoms with van der Waals surface area (Å²) in [5.41, 5.74) is 0.577. The van der Waals surface area contributed by atoms with E-state index in [4.69, 9.17) is 4.74 Å². The van der Waals surface area contributed by atoms with E-state index in [-0.39, 0.29) is 12.0 Å². The third-order valence-corrected chi connectivity index (χ3v) is 4.96. The molecule has 0 aliphatic carbocycles. The van der Waals surface area contributed by atoms with Crippen LogP contribution in [0.4, 0.5) is 11.8 Å². The molecule has 0 saturated carbocycles. The Morgan fingerprint density at radius 2 is 1.89 bits per heavy atom. The van der Waals surface area contributed by atoms with Crippen LogP contribution in [0.1, 0.15) is 23.2 Å². The monoisotopic (exact) mass is 368 g/mol. The van der Waals surface area contributed by atoms with E-state index in [0.29, 0.717) is 12.1 Å². The van der Waals surface area contributed by atoms with E-state index < -0.39 is 0 Å². The normalized spacial score (nSPS) is 19.9. The second-order valence-corrected chi connectivity index (χ2v) is 6.77. The number of ether oxygens (including phenoxy) is 1. The largest absolute Gasteiger partial charge is 0.376 e. The minimum absolute atomic E-state index is 0.101. The average Bonchev–Trinajstić information content (AvgIpc) is 3.27. The van der Waals surface area contributed by atoms with E-state index in [1.165, 1.54) is 0 Å². The van der Waals surface area contributed by atoms with E-state index in [0.717, 1.165) is 57.4 Å². The number of amides is 1. The topological polar surface area (TPSA) is 83.5 Å². The summed E-state index contributed by atoms with van der Waals surface area (Å²) in [5, 5.41) is 2.93. The van der Waals surface area contributed by atoms with Gasteiger partial charge < -0.3 is 19.9 Å². The summed E-state index contributed by atoms with van der Waals surface area (Å²) in [7, 11) is 0. The highest BCUT2D eigenvalue weighted by atomic mass is 16.5. The minimum Gasteiger partial charge on any atom is -0.376 e. The zero-order valence-electron chi connectivity index (χ0n) is 15.3. The van der Waals surface area contributed by atoms with Gasteiger partial charge in [0.1, 0.15) is 5.82 Å². The molecule has 0 bridgehead atoms. The summed E-state index contributed by atoms with van der Waals surface area (Å²) < 4.78 is 5.53. The predicted molar refractivity (Wildman–Crippen MR) is 102 cm³/mol. The molecule has 2 aromatic heterocycles. The molecule has 2 saturated heterocycles. The first-order chi connectivity index (χ1) is 13.3. The van der Waals surface area contributed by atoms with Gasteiger partial charge in [0.05, 0.1) is 11.7 Å². The number of carbonyl (C=O) groups is 1. The minimum atomic E-state index is -0.101. The van der Waals surface area contributed by atoms with E-state index in [1.54, 1.807) is 18.6 Å². The lowest BCUT2D eigenvalue weighted by Crippen LogP contribution is -2.47. The second kappa shape index (κ2) is 8.30. The van der Waals surface area contributed by atoms with Crippen LogP contribution < -0.4 is 15.1 Å². The molecule has 1 atom stereocenters. The molecule has 2 aliphatic heterocycles. The van der Waals surface area contributed by atoms with E-state index in [1.807, 2.05) is 18.2 Å². The van der Waals surface area contributed by atoms with Gasteiger partial charge in [0, 0.05) is 57.9 Å². The van der Waals surface area contributed by atoms with Crippen LogP contribution in [0, 0.1) is 0 Å². The molecule has 8 heteroatoms. The van der Waals surface area contributed by atoms with Crippen LogP contribution in [0.15, 0.2) is 36.8 Å². The van der Waals surface area contributed by atoms with Crippen molar-refractivity contribution < 1.29 is 9.53 Å². The summed E-state index contributed by atoms with van der Waals surface area (Å²) >= 11 is 0. The van der Waals surface area contributed by atoms with Crippen LogP contribution in [0.3, 0.4) is 0 Å². The molecule has 2 fully saturated rings. The zero-order chi connectivity index (χ0) is 18.5. The number of aromatic nitrogens is 3. The highest BCUT2D eigenvalue weighted by Gasteiger charge is 2.20. The van der Waals surface area contributed by atoms with Crippen molar-refractivity contribution in [3.8, 4) is 0 Å². The summed E-state index contributed by atoms with van der Waals surface area (Å²) in [6.07, 6.45) is 7.40. The summed E-state index contributed by atoms with van der Waals surface area (Å²) in [5.74, 6) is 1.55. The number of carbonyl (C=O) groups excluding carboxylic acids is 1. The summed E-state index contributed by atoms with van der Waals surface area (Å²) in [4.78, 5) is 29.7. The third kappa shape index (κ3) is 4.33. The third-order valence-electron chi connectivity index (χ3n) is 4.96. The van der Waals surface area contributed by atoms with Crippen LogP contribution in [-0.2, 0) is 4.74 Å². The van der Waals surface area contributed by atoms with Crippen LogP contribution in [0.25, 0.3) is 0 Å². The number of anilines is 2. The number of hydrogen-bond donors (Lipinski definition) is 1. The molecule has 2 aromatic rings. The number of nitrogens with zero attached hydrogens (tertiary/aromatic N) is 5. The zero-order valence-corrected chi connectivity index (χ0v) is 15.3. The van der Waals surface area contributed by atoms with Gasteiger partial charge in [-0.1, -0.05) is 0 Å². The van der Waals surface area contributed by atoms with Crippen molar-refractivity contribution in [3.63, 3.8) is 0 Å². The standard InChI is InChI=1S/C19H24N6O2/c26-18(23-14-16-3-1-12-27-16)15-4-5-17(22-13-15)24-8-10-25(11-9-24)19-20-6-2-7-21-19/h2,4-7,13,16H,1,3,8-12,14H2,(H,23,26).